The normalized spacial score (nSPS) is 9.78. The lowest BCUT2D eigenvalue weighted by molar-refractivity contribution is 0.112. The minimum atomic E-state index is 0.468. The molecule has 0 saturated carbocycles. The summed E-state index contributed by atoms with van der Waals surface area (Å²) < 4.78 is 11.0. The summed E-state index contributed by atoms with van der Waals surface area (Å²) in [7, 11) is 0. The van der Waals surface area contributed by atoms with Gasteiger partial charge in [0.1, 0.15) is 31.0 Å². The summed E-state index contributed by atoms with van der Waals surface area (Å²) in [6.07, 6.45) is 0.808. The Bertz CT molecular complexity index is 477. The van der Waals surface area contributed by atoms with E-state index in [2.05, 4.69) is 0 Å². The van der Waals surface area contributed by atoms with Crippen LogP contribution in [-0.4, -0.2) is 19.5 Å². The van der Waals surface area contributed by atoms with Gasteiger partial charge in [-0.25, -0.2) is 0 Å². The van der Waals surface area contributed by atoms with Crippen LogP contribution in [0.4, 0.5) is 0 Å². The lowest BCUT2D eigenvalue weighted by Gasteiger charge is -2.08. The topological polar surface area (TPSA) is 35.5 Å². The fourth-order valence-corrected chi connectivity index (χ4v) is 1.48. The maximum Gasteiger partial charge on any atom is 0.150 e. The third kappa shape index (κ3) is 3.63. The number of rotatable bonds is 6. The van der Waals surface area contributed by atoms with Crippen LogP contribution in [0.15, 0.2) is 54.6 Å². The van der Waals surface area contributed by atoms with Crippen LogP contribution in [0, 0.1) is 0 Å². The predicted octanol–water partition coefficient (Wildman–Crippen LogP) is 2.96. The van der Waals surface area contributed by atoms with Gasteiger partial charge in [-0.05, 0) is 36.4 Å². The minimum absolute atomic E-state index is 0.468. The van der Waals surface area contributed by atoms with Crippen molar-refractivity contribution in [2.24, 2.45) is 0 Å². The molecule has 3 heteroatoms. The number of benzene rings is 2. The van der Waals surface area contributed by atoms with Crippen molar-refractivity contribution in [2.75, 3.05) is 13.2 Å². The van der Waals surface area contributed by atoms with E-state index in [9.17, 15) is 4.79 Å². The predicted molar refractivity (Wildman–Crippen MR) is 69.3 cm³/mol. The highest BCUT2D eigenvalue weighted by molar-refractivity contribution is 5.74. The Hall–Kier alpha value is -2.29. The van der Waals surface area contributed by atoms with Crippen LogP contribution in [0.25, 0.3) is 0 Å². The van der Waals surface area contributed by atoms with E-state index >= 15 is 0 Å². The zero-order chi connectivity index (χ0) is 12.6. The van der Waals surface area contributed by atoms with E-state index in [1.54, 1.807) is 24.3 Å². The molecule has 0 bridgehead atoms. The second kappa shape index (κ2) is 6.45. The first-order chi connectivity index (χ1) is 8.88. The summed E-state index contributed by atoms with van der Waals surface area (Å²) >= 11 is 0. The number of aldehydes is 1. The number of hydrogen-bond acceptors (Lipinski definition) is 3. The highest BCUT2D eigenvalue weighted by atomic mass is 16.5. The Morgan fingerprint density at radius 3 is 1.89 bits per heavy atom. The molecular formula is C15H14O3. The molecule has 2 rings (SSSR count). The molecule has 92 valence electrons. The molecule has 0 saturated heterocycles. The van der Waals surface area contributed by atoms with Gasteiger partial charge in [0.15, 0.2) is 0 Å². The van der Waals surface area contributed by atoms with Crippen molar-refractivity contribution in [1.29, 1.82) is 0 Å². The number of carbonyl (C=O) groups is 1. The lowest BCUT2D eigenvalue weighted by atomic mass is 10.2. The van der Waals surface area contributed by atoms with Gasteiger partial charge >= 0.3 is 0 Å². The summed E-state index contributed by atoms with van der Waals surface area (Å²) in [5.74, 6) is 1.56. The maximum atomic E-state index is 10.5. The van der Waals surface area contributed by atoms with Gasteiger partial charge in [-0.1, -0.05) is 18.2 Å². The van der Waals surface area contributed by atoms with Gasteiger partial charge in [-0.3, -0.25) is 4.79 Å². The third-order valence-corrected chi connectivity index (χ3v) is 2.38. The molecule has 0 aliphatic carbocycles. The van der Waals surface area contributed by atoms with Gasteiger partial charge in [0, 0.05) is 5.56 Å². The molecule has 0 unspecified atom stereocenters. The maximum absolute atomic E-state index is 10.5. The Balaban J connectivity index is 1.73. The van der Waals surface area contributed by atoms with Gasteiger partial charge in [-0.15, -0.1) is 0 Å². The Labute approximate surface area is 106 Å². The molecule has 18 heavy (non-hydrogen) atoms. The molecule has 0 aromatic heterocycles. The number of carbonyl (C=O) groups excluding carboxylic acids is 1. The molecule has 0 spiro atoms. The summed E-state index contributed by atoms with van der Waals surface area (Å²) in [4.78, 5) is 10.5. The number of para-hydroxylation sites is 1. The van der Waals surface area contributed by atoms with Gasteiger partial charge in [0.25, 0.3) is 0 Å². The van der Waals surface area contributed by atoms with Crippen LogP contribution in [0.2, 0.25) is 0 Å². The van der Waals surface area contributed by atoms with E-state index in [4.69, 9.17) is 9.47 Å². The standard InChI is InChI=1S/C15H14O3/c16-12-13-6-8-15(9-7-13)18-11-10-17-14-4-2-1-3-5-14/h1-9,12H,10-11H2. The quantitative estimate of drug-likeness (QED) is 0.577. The van der Waals surface area contributed by atoms with E-state index in [0.717, 1.165) is 17.8 Å². The van der Waals surface area contributed by atoms with Crippen LogP contribution in [0.1, 0.15) is 10.4 Å². The van der Waals surface area contributed by atoms with Gasteiger partial charge in [0.2, 0.25) is 0 Å². The van der Waals surface area contributed by atoms with E-state index in [1.165, 1.54) is 0 Å². The smallest absolute Gasteiger partial charge is 0.150 e. The average Bonchev–Trinajstić information content (AvgIpc) is 2.45. The second-order valence-corrected chi connectivity index (χ2v) is 3.70. The Morgan fingerprint density at radius 1 is 0.778 bits per heavy atom. The molecule has 0 radical (unpaired) electrons. The van der Waals surface area contributed by atoms with E-state index in [1.807, 2.05) is 30.3 Å². The molecule has 0 fully saturated rings. The van der Waals surface area contributed by atoms with Crippen molar-refractivity contribution in [3.63, 3.8) is 0 Å². The van der Waals surface area contributed by atoms with Crippen molar-refractivity contribution < 1.29 is 14.3 Å². The zero-order valence-electron chi connectivity index (χ0n) is 9.91. The Morgan fingerprint density at radius 2 is 1.33 bits per heavy atom. The van der Waals surface area contributed by atoms with Crippen LogP contribution < -0.4 is 9.47 Å². The highest BCUT2D eigenvalue weighted by Crippen LogP contribution is 2.11. The first kappa shape index (κ1) is 12.2. The van der Waals surface area contributed by atoms with Crippen LogP contribution in [-0.2, 0) is 0 Å². The molecule has 0 amide bonds. The minimum Gasteiger partial charge on any atom is -0.490 e. The first-order valence-corrected chi connectivity index (χ1v) is 5.74. The monoisotopic (exact) mass is 242 g/mol. The average molecular weight is 242 g/mol. The van der Waals surface area contributed by atoms with Crippen LogP contribution in [0.3, 0.4) is 0 Å². The van der Waals surface area contributed by atoms with Gasteiger partial charge < -0.3 is 9.47 Å². The summed E-state index contributed by atoms with van der Waals surface area (Å²) in [6.45, 7) is 0.953. The number of ether oxygens (including phenoxy) is 2. The fourth-order valence-electron chi connectivity index (χ4n) is 1.48. The zero-order valence-corrected chi connectivity index (χ0v) is 9.91. The van der Waals surface area contributed by atoms with E-state index < -0.39 is 0 Å². The highest BCUT2D eigenvalue weighted by Gasteiger charge is 1.95. The van der Waals surface area contributed by atoms with Crippen molar-refractivity contribution in [1.82, 2.24) is 0 Å². The third-order valence-electron chi connectivity index (χ3n) is 2.38. The Kier molecular flexibility index (Phi) is 4.36. The summed E-state index contributed by atoms with van der Waals surface area (Å²) in [5.41, 5.74) is 0.642. The van der Waals surface area contributed by atoms with Crippen LogP contribution in [0.5, 0.6) is 11.5 Å². The molecule has 3 nitrogen and oxygen atoms in total. The summed E-state index contributed by atoms with van der Waals surface area (Å²) in [6, 6.07) is 16.6. The molecule has 0 atom stereocenters. The second-order valence-electron chi connectivity index (χ2n) is 3.70. The van der Waals surface area contributed by atoms with Crippen molar-refractivity contribution in [3.8, 4) is 11.5 Å². The SMILES string of the molecule is O=Cc1ccc(OCCOc2ccccc2)cc1. The summed E-state index contributed by atoms with van der Waals surface area (Å²) in [5, 5.41) is 0. The molecule has 0 N–H and O–H groups in total. The van der Waals surface area contributed by atoms with Gasteiger partial charge in [0.05, 0.1) is 0 Å². The van der Waals surface area contributed by atoms with Crippen molar-refractivity contribution in [2.45, 2.75) is 0 Å². The lowest BCUT2D eigenvalue weighted by Crippen LogP contribution is -2.08. The molecule has 0 heterocycles. The molecular weight excluding hydrogens is 228 g/mol. The van der Waals surface area contributed by atoms with Crippen molar-refractivity contribution >= 4 is 6.29 Å². The first-order valence-electron chi connectivity index (χ1n) is 5.74. The molecule has 0 aliphatic rings. The van der Waals surface area contributed by atoms with Crippen molar-refractivity contribution in [3.05, 3.63) is 60.2 Å². The molecule has 2 aromatic rings. The fraction of sp³-hybridized carbons (Fsp3) is 0.133. The van der Waals surface area contributed by atoms with E-state index in [-0.39, 0.29) is 0 Å². The van der Waals surface area contributed by atoms with E-state index in [0.29, 0.717) is 18.8 Å². The number of hydrogen-bond donors (Lipinski definition) is 0. The molecule has 2 aromatic carbocycles. The van der Waals surface area contributed by atoms with Crippen LogP contribution >= 0.6 is 0 Å². The molecule has 0 aliphatic heterocycles. The largest absolute Gasteiger partial charge is 0.490 e. The van der Waals surface area contributed by atoms with Gasteiger partial charge in [-0.2, -0.15) is 0 Å².